The number of carbonyl (C=O) groups is 1. The van der Waals surface area contributed by atoms with Crippen molar-refractivity contribution in [3.63, 3.8) is 0 Å². The number of halogens is 2. The van der Waals surface area contributed by atoms with Gasteiger partial charge in [-0.15, -0.1) is 0 Å². The van der Waals surface area contributed by atoms with Crippen LogP contribution in [0.15, 0.2) is 17.2 Å². The molecule has 0 heterocycles. The van der Waals surface area contributed by atoms with Crippen LogP contribution in [-0.4, -0.2) is 19.0 Å². The van der Waals surface area contributed by atoms with Gasteiger partial charge in [0.15, 0.2) is 0 Å². The molecule has 0 atom stereocenters. The van der Waals surface area contributed by atoms with Gasteiger partial charge in [-0.2, -0.15) is 0 Å². The highest BCUT2D eigenvalue weighted by molar-refractivity contribution is 5.94. The summed E-state index contributed by atoms with van der Waals surface area (Å²) >= 11 is 0. The Labute approximate surface area is 96.1 Å². The molecule has 0 aliphatic heterocycles. The largest absolute Gasteiger partial charge is 0.352 e. The normalized spacial score (nSPS) is 9.59. The topological polar surface area (TPSA) is 77.9 Å². The standard InChI is InChI=1S/C10H10F2N4O/c1-6-2-3-7(11)8(9(6)12)10(17)14-4-5-15-16-13/h2-3H,4-5H2,1H3,(H,14,17). The summed E-state index contributed by atoms with van der Waals surface area (Å²) in [6.07, 6.45) is 0. The molecule has 1 amide bonds. The van der Waals surface area contributed by atoms with Gasteiger partial charge in [0.2, 0.25) is 0 Å². The molecule has 0 aliphatic carbocycles. The van der Waals surface area contributed by atoms with Crippen molar-refractivity contribution in [3.8, 4) is 0 Å². The highest BCUT2D eigenvalue weighted by Gasteiger charge is 2.18. The van der Waals surface area contributed by atoms with Gasteiger partial charge < -0.3 is 5.32 Å². The fourth-order valence-corrected chi connectivity index (χ4v) is 1.22. The first-order valence-corrected chi connectivity index (χ1v) is 4.81. The minimum absolute atomic E-state index is 0.0235. The summed E-state index contributed by atoms with van der Waals surface area (Å²) in [6, 6.07) is 2.28. The highest BCUT2D eigenvalue weighted by atomic mass is 19.1. The van der Waals surface area contributed by atoms with Gasteiger partial charge in [0.1, 0.15) is 17.2 Å². The average Bonchev–Trinajstić information content (AvgIpc) is 2.30. The van der Waals surface area contributed by atoms with Crippen molar-refractivity contribution < 1.29 is 13.6 Å². The average molecular weight is 240 g/mol. The first-order valence-electron chi connectivity index (χ1n) is 4.81. The number of rotatable bonds is 4. The molecule has 0 spiro atoms. The summed E-state index contributed by atoms with van der Waals surface area (Å²) in [6.45, 7) is 1.48. The van der Waals surface area contributed by atoms with E-state index < -0.39 is 23.1 Å². The Bertz CT molecular complexity index is 483. The zero-order valence-corrected chi connectivity index (χ0v) is 9.07. The third kappa shape index (κ3) is 3.15. The molecule has 0 saturated heterocycles. The number of azide groups is 1. The van der Waals surface area contributed by atoms with Crippen LogP contribution in [0.5, 0.6) is 0 Å². The smallest absolute Gasteiger partial charge is 0.257 e. The van der Waals surface area contributed by atoms with Crippen LogP contribution in [0.2, 0.25) is 0 Å². The predicted molar refractivity (Wildman–Crippen MR) is 57.4 cm³/mol. The maximum Gasteiger partial charge on any atom is 0.257 e. The van der Waals surface area contributed by atoms with Crippen LogP contribution in [-0.2, 0) is 0 Å². The van der Waals surface area contributed by atoms with E-state index >= 15 is 0 Å². The molecule has 0 saturated carbocycles. The molecule has 90 valence electrons. The zero-order chi connectivity index (χ0) is 12.8. The highest BCUT2D eigenvalue weighted by Crippen LogP contribution is 2.15. The third-order valence-corrected chi connectivity index (χ3v) is 2.07. The van der Waals surface area contributed by atoms with E-state index in [1.165, 1.54) is 13.0 Å². The van der Waals surface area contributed by atoms with Gasteiger partial charge in [-0.1, -0.05) is 11.2 Å². The van der Waals surface area contributed by atoms with Gasteiger partial charge in [-0.3, -0.25) is 4.79 Å². The van der Waals surface area contributed by atoms with Crippen molar-refractivity contribution in [3.05, 3.63) is 45.3 Å². The lowest BCUT2D eigenvalue weighted by Gasteiger charge is -2.07. The van der Waals surface area contributed by atoms with Crippen molar-refractivity contribution >= 4 is 5.91 Å². The molecule has 5 nitrogen and oxygen atoms in total. The van der Waals surface area contributed by atoms with Crippen LogP contribution in [0.4, 0.5) is 8.78 Å². The molecule has 17 heavy (non-hydrogen) atoms. The van der Waals surface area contributed by atoms with Gasteiger partial charge in [-0.25, -0.2) is 8.78 Å². The van der Waals surface area contributed by atoms with Crippen molar-refractivity contribution in [1.82, 2.24) is 5.32 Å². The van der Waals surface area contributed by atoms with Crippen LogP contribution in [0.1, 0.15) is 15.9 Å². The maximum absolute atomic E-state index is 13.5. The summed E-state index contributed by atoms with van der Waals surface area (Å²) in [4.78, 5) is 14.0. The van der Waals surface area contributed by atoms with Crippen LogP contribution in [0.3, 0.4) is 0 Å². The maximum atomic E-state index is 13.5. The van der Waals surface area contributed by atoms with Gasteiger partial charge >= 0.3 is 0 Å². The second kappa shape index (κ2) is 5.81. The zero-order valence-electron chi connectivity index (χ0n) is 9.07. The van der Waals surface area contributed by atoms with Crippen molar-refractivity contribution in [2.24, 2.45) is 5.11 Å². The molecule has 0 aromatic heterocycles. The molecular formula is C10H10F2N4O. The lowest BCUT2D eigenvalue weighted by Crippen LogP contribution is -2.28. The molecular weight excluding hydrogens is 230 g/mol. The Balaban J connectivity index is 2.82. The van der Waals surface area contributed by atoms with Crippen LogP contribution < -0.4 is 5.32 Å². The minimum Gasteiger partial charge on any atom is -0.352 e. The molecule has 1 aromatic rings. The van der Waals surface area contributed by atoms with Gasteiger partial charge in [0.05, 0.1) is 0 Å². The summed E-state index contributed by atoms with van der Waals surface area (Å²) < 4.78 is 26.8. The lowest BCUT2D eigenvalue weighted by atomic mass is 10.1. The van der Waals surface area contributed by atoms with E-state index in [4.69, 9.17) is 5.53 Å². The van der Waals surface area contributed by atoms with E-state index in [0.717, 1.165) is 6.07 Å². The SMILES string of the molecule is Cc1ccc(F)c(C(=O)NCCN=[N+]=[N-])c1F. The van der Waals surface area contributed by atoms with Gasteiger partial charge in [-0.05, 0) is 24.1 Å². The number of nitrogens with one attached hydrogen (secondary N) is 1. The molecule has 1 aromatic carbocycles. The summed E-state index contributed by atoms with van der Waals surface area (Å²) in [5.41, 5.74) is 7.57. The molecule has 7 heteroatoms. The van der Waals surface area contributed by atoms with E-state index in [0.29, 0.717) is 0 Å². The Hall–Kier alpha value is -2.14. The number of carbonyl (C=O) groups excluding carboxylic acids is 1. The number of nitrogens with zero attached hydrogens (tertiary/aromatic N) is 3. The molecule has 0 unspecified atom stereocenters. The van der Waals surface area contributed by atoms with Crippen LogP contribution >= 0.6 is 0 Å². The molecule has 0 fully saturated rings. The van der Waals surface area contributed by atoms with Crippen molar-refractivity contribution in [2.45, 2.75) is 6.92 Å². The van der Waals surface area contributed by atoms with E-state index in [1.54, 1.807) is 0 Å². The van der Waals surface area contributed by atoms with Crippen LogP contribution in [0, 0.1) is 18.6 Å². The third-order valence-electron chi connectivity index (χ3n) is 2.07. The summed E-state index contributed by atoms with van der Waals surface area (Å²) in [5.74, 6) is -2.67. The van der Waals surface area contributed by atoms with Gasteiger partial charge in [0.25, 0.3) is 5.91 Å². The molecule has 0 bridgehead atoms. The Morgan fingerprint density at radius 1 is 1.53 bits per heavy atom. The fourth-order valence-electron chi connectivity index (χ4n) is 1.22. The Kier molecular flexibility index (Phi) is 4.42. The quantitative estimate of drug-likeness (QED) is 0.372. The van der Waals surface area contributed by atoms with Crippen LogP contribution in [0.25, 0.3) is 10.4 Å². The second-order valence-corrected chi connectivity index (χ2v) is 3.26. The molecule has 1 rings (SSSR count). The number of hydrogen-bond acceptors (Lipinski definition) is 2. The second-order valence-electron chi connectivity index (χ2n) is 3.26. The lowest BCUT2D eigenvalue weighted by molar-refractivity contribution is 0.0946. The summed E-state index contributed by atoms with van der Waals surface area (Å²) in [5, 5.41) is 5.44. The minimum atomic E-state index is -0.922. The number of hydrogen-bond donors (Lipinski definition) is 1. The Morgan fingerprint density at radius 3 is 2.88 bits per heavy atom. The van der Waals surface area contributed by atoms with Gasteiger partial charge in [0, 0.05) is 18.0 Å². The molecule has 1 N–H and O–H groups in total. The van der Waals surface area contributed by atoms with E-state index in [-0.39, 0.29) is 18.7 Å². The first kappa shape index (κ1) is 12.9. The number of amides is 1. The Morgan fingerprint density at radius 2 is 2.24 bits per heavy atom. The molecule has 0 radical (unpaired) electrons. The predicted octanol–water partition coefficient (Wildman–Crippen LogP) is 2.31. The first-order chi connectivity index (χ1) is 8.07. The molecule has 0 aliphatic rings. The van der Waals surface area contributed by atoms with E-state index in [2.05, 4.69) is 15.3 Å². The number of benzene rings is 1. The monoisotopic (exact) mass is 240 g/mol. The fraction of sp³-hybridized carbons (Fsp3) is 0.300. The van der Waals surface area contributed by atoms with Crippen molar-refractivity contribution in [2.75, 3.05) is 13.1 Å². The van der Waals surface area contributed by atoms with E-state index in [1.807, 2.05) is 0 Å². The number of aryl methyl sites for hydroxylation is 1. The summed E-state index contributed by atoms with van der Waals surface area (Å²) in [7, 11) is 0. The van der Waals surface area contributed by atoms with E-state index in [9.17, 15) is 13.6 Å². The van der Waals surface area contributed by atoms with Crippen molar-refractivity contribution in [1.29, 1.82) is 0 Å².